The van der Waals surface area contributed by atoms with Gasteiger partial charge in [0.25, 0.3) is 23.6 Å². The van der Waals surface area contributed by atoms with Crippen molar-refractivity contribution < 1.29 is 39.0 Å². The van der Waals surface area contributed by atoms with Crippen LogP contribution in [0.25, 0.3) is 11.1 Å². The van der Waals surface area contributed by atoms with Gasteiger partial charge in [0.1, 0.15) is 11.6 Å². The summed E-state index contributed by atoms with van der Waals surface area (Å²) in [6.45, 7) is 10.8. The van der Waals surface area contributed by atoms with E-state index in [0.29, 0.717) is 33.8 Å². The first-order valence-electron chi connectivity index (χ1n) is 32.1. The second-order valence-corrected chi connectivity index (χ2v) is 33.4. The van der Waals surface area contributed by atoms with E-state index in [9.17, 15) is 39.0 Å². The molecule has 4 amide bonds. The highest BCUT2D eigenvalue weighted by Gasteiger charge is 2.59. The highest BCUT2D eigenvalue weighted by atomic mass is 79.9. The van der Waals surface area contributed by atoms with Crippen LogP contribution in [-0.4, -0.2) is 71.6 Å². The van der Waals surface area contributed by atoms with Gasteiger partial charge in [0.05, 0.1) is 49.5 Å². The normalized spacial score (nSPS) is 17.1. The number of halogens is 4. The summed E-state index contributed by atoms with van der Waals surface area (Å²) in [4.78, 5) is 89.6. The fourth-order valence-electron chi connectivity index (χ4n) is 12.1. The Balaban J connectivity index is 0.000000252. The lowest BCUT2D eigenvalue weighted by atomic mass is 9.66. The number of rotatable bonds is 36. The lowest BCUT2D eigenvalue weighted by Crippen LogP contribution is -2.58. The van der Waals surface area contributed by atoms with Crippen molar-refractivity contribution in [2.24, 2.45) is 11.8 Å². The number of hydrogen-bond acceptors (Lipinski definition) is 12. The van der Waals surface area contributed by atoms with Crippen molar-refractivity contribution in [1.82, 2.24) is 10.6 Å². The summed E-state index contributed by atoms with van der Waals surface area (Å²) in [5.41, 5.74) is -1.16. The maximum absolute atomic E-state index is 14.1. The van der Waals surface area contributed by atoms with Gasteiger partial charge in [-0.2, -0.15) is 0 Å². The zero-order chi connectivity index (χ0) is 63.4. The Morgan fingerprint density at radius 3 is 1.07 bits per heavy atom. The molecule has 4 aromatic heterocycles. The Morgan fingerprint density at radius 2 is 0.761 bits per heavy atom. The van der Waals surface area contributed by atoms with E-state index in [2.05, 4.69) is 114 Å². The monoisotopic (exact) mass is 1530 g/mol. The van der Waals surface area contributed by atoms with E-state index in [1.165, 1.54) is 51.4 Å². The molecule has 4 N–H and O–H groups in total. The Kier molecular flexibility index (Phi) is 29.3. The van der Waals surface area contributed by atoms with Crippen LogP contribution in [-0.2, 0) is 40.0 Å². The maximum atomic E-state index is 14.1. The number of carbonyl (C=O) groups excluding carboxylic acids is 6. The van der Waals surface area contributed by atoms with Gasteiger partial charge in [-0.05, 0) is 150 Å². The molecule has 4 unspecified atom stereocenters. The van der Waals surface area contributed by atoms with Crippen LogP contribution < -0.4 is 30.9 Å². The summed E-state index contributed by atoms with van der Waals surface area (Å²) in [6.07, 6.45) is 25.4. The summed E-state index contributed by atoms with van der Waals surface area (Å²) in [7, 11) is 0. The molecule has 1 aliphatic carbocycles. The molecule has 2 aliphatic heterocycles. The van der Waals surface area contributed by atoms with Gasteiger partial charge >= 0.3 is 0 Å². The molecule has 0 spiro atoms. The molecule has 88 heavy (non-hydrogen) atoms. The zero-order valence-corrected chi connectivity index (χ0v) is 61.1. The van der Waals surface area contributed by atoms with Gasteiger partial charge in [-0.1, -0.05) is 156 Å². The van der Waals surface area contributed by atoms with Crippen LogP contribution in [0.1, 0.15) is 214 Å². The van der Waals surface area contributed by atoms with Crippen LogP contribution in [0.2, 0.25) is 0 Å². The molecule has 8 rings (SSSR count). The molecule has 5 aromatic rings. The summed E-state index contributed by atoms with van der Waals surface area (Å²) < 4.78 is 3.34. The van der Waals surface area contributed by atoms with Crippen molar-refractivity contribution in [3.8, 4) is 0 Å². The van der Waals surface area contributed by atoms with Gasteiger partial charge in [0.15, 0.2) is 11.2 Å². The SMILES string of the molecule is CCCCCCCCN1C(=O)C(c2ccc(Br)s2)=c2cc3c(cc21)=C(c1ccc(Br)s1)C(=O)N3CCCCCCCC.CCCCCCCCNC(=O)C(O)(c1ccc(Br)s1)C1CC(=O)C(C(O)(C(=O)NCCCCCCCC)c2ccc(Br)s2)CC1=O. The Morgan fingerprint density at radius 1 is 0.455 bits per heavy atom. The van der Waals surface area contributed by atoms with Crippen molar-refractivity contribution in [2.45, 2.75) is 206 Å². The fraction of sp³-hybridized carbons (Fsp3) is 0.559. The molecule has 0 bridgehead atoms. The molecule has 20 heteroatoms. The van der Waals surface area contributed by atoms with E-state index in [4.69, 9.17) is 0 Å². The average molecular weight is 1540 g/mol. The maximum Gasteiger partial charge on any atom is 0.260 e. The van der Waals surface area contributed by atoms with Crippen molar-refractivity contribution in [3.05, 3.63) is 106 Å². The molecular weight excluding hydrogens is 1450 g/mol. The largest absolute Gasteiger partial charge is 0.374 e. The number of hydrogen-bond donors (Lipinski definition) is 4. The Bertz CT molecular complexity index is 3090. The van der Waals surface area contributed by atoms with Gasteiger partial charge in [-0.25, -0.2) is 0 Å². The second kappa shape index (κ2) is 35.7. The summed E-state index contributed by atoms with van der Waals surface area (Å²) in [5.74, 6) is -5.14. The van der Waals surface area contributed by atoms with Crippen LogP contribution in [0.3, 0.4) is 0 Å². The molecule has 4 atom stereocenters. The van der Waals surface area contributed by atoms with Gasteiger partial charge in [-0.3, -0.25) is 28.8 Å². The third-order valence-corrected chi connectivity index (χ3v) is 23.9. The third kappa shape index (κ3) is 18.1. The molecule has 480 valence electrons. The van der Waals surface area contributed by atoms with E-state index in [0.717, 1.165) is 176 Å². The number of nitrogens with one attached hydrogen (secondary N) is 2. The topological polar surface area (TPSA) is 173 Å². The number of benzene rings is 1. The molecule has 12 nitrogen and oxygen atoms in total. The van der Waals surface area contributed by atoms with Crippen LogP contribution >= 0.6 is 109 Å². The predicted molar refractivity (Wildman–Crippen MR) is 377 cm³/mol. The number of ketones is 2. The van der Waals surface area contributed by atoms with E-state index >= 15 is 0 Å². The number of anilines is 2. The molecule has 6 heterocycles. The van der Waals surface area contributed by atoms with Crippen LogP contribution in [0.5, 0.6) is 0 Å². The molecule has 3 aliphatic rings. The average Bonchev–Trinajstić information content (AvgIpc) is 1.74. The van der Waals surface area contributed by atoms with E-state index in [1.54, 1.807) is 46.9 Å². The number of carbonyl (C=O) groups is 6. The molecule has 0 saturated heterocycles. The lowest BCUT2D eigenvalue weighted by molar-refractivity contribution is -0.168. The van der Waals surface area contributed by atoms with Gasteiger partial charge in [0.2, 0.25) is 0 Å². The van der Waals surface area contributed by atoms with Crippen LogP contribution in [0.4, 0.5) is 11.4 Å². The number of nitrogens with zero attached hydrogens (tertiary/aromatic N) is 2. The highest BCUT2D eigenvalue weighted by molar-refractivity contribution is 9.11. The third-order valence-electron chi connectivity index (χ3n) is 17.1. The van der Waals surface area contributed by atoms with Crippen molar-refractivity contribution in [2.75, 3.05) is 36.0 Å². The molecule has 1 aromatic carbocycles. The first-order chi connectivity index (χ1) is 42.4. The van der Waals surface area contributed by atoms with E-state index in [1.807, 2.05) is 34.1 Å². The second-order valence-electron chi connectivity index (χ2n) is 23.5. The summed E-state index contributed by atoms with van der Waals surface area (Å²) >= 11 is 19.4. The van der Waals surface area contributed by atoms with Gasteiger partial charge in [0, 0.05) is 69.0 Å². The zero-order valence-electron chi connectivity index (χ0n) is 51.5. The standard InChI is InChI=1S/C34H48Br2N2O6S2.C34H40Br2N2O2S2/c1-3-5-7-9-11-13-19-37-31(41)33(43,27-15-17-29(35)45-27)23-21-26(40)24(22-25(23)39)34(44,28-16-18-30(36)46-28)32(42)38-20-14-12-10-8-6-4-2;1-3-5-7-9-11-13-19-37-25-21-24-26(22-23(25)31(33(37)39)27-15-17-29(35)41-27)38(20-14-12-10-8-6-4-2)34(40)32(24)28-16-18-30(36)42-28/h15-18,23-24,43-44H,3-14,19-22H2,1-2H3,(H,37,41)(H,38,42);15-18,21-22H,3-14,19-20H2,1-2H3. The van der Waals surface area contributed by atoms with E-state index in [-0.39, 0.29) is 21.6 Å². The minimum absolute atomic E-state index is 0.0748. The predicted octanol–water partition coefficient (Wildman–Crippen LogP) is 16.7. The highest BCUT2D eigenvalue weighted by Crippen LogP contribution is 2.47. The Hall–Kier alpha value is -3.18. The fourth-order valence-corrected chi connectivity index (χ4v) is 18.1. The van der Waals surface area contributed by atoms with Crippen molar-refractivity contribution in [1.29, 1.82) is 0 Å². The first-order valence-corrected chi connectivity index (χ1v) is 38.5. The summed E-state index contributed by atoms with van der Waals surface area (Å²) in [5, 5.41) is 31.6. The van der Waals surface area contributed by atoms with Crippen LogP contribution in [0.15, 0.2) is 75.8 Å². The molecule has 1 saturated carbocycles. The van der Waals surface area contributed by atoms with Crippen molar-refractivity contribution >= 4 is 167 Å². The summed E-state index contributed by atoms with van der Waals surface area (Å²) in [6, 6.07) is 18.9. The van der Waals surface area contributed by atoms with Crippen molar-refractivity contribution in [3.63, 3.8) is 0 Å². The van der Waals surface area contributed by atoms with Gasteiger partial charge in [-0.15, -0.1) is 45.3 Å². The molecule has 1 fully saturated rings. The lowest BCUT2D eigenvalue weighted by Gasteiger charge is -2.41. The smallest absolute Gasteiger partial charge is 0.260 e. The first kappa shape index (κ1) is 72.2. The Labute approximate surface area is 570 Å². The number of fused-ring (bicyclic) bond motifs is 2. The number of thiophene rings is 4. The van der Waals surface area contributed by atoms with Crippen LogP contribution in [0, 0.1) is 11.8 Å². The van der Waals surface area contributed by atoms with Gasteiger partial charge < -0.3 is 30.6 Å². The molecule has 0 radical (unpaired) electrons. The number of aliphatic hydroxyl groups is 2. The number of Topliss-reactive ketones (excluding diaryl/α,β-unsaturated/α-hetero) is 2. The number of amides is 4. The molecular formula is C68H88Br4N4O8S4. The minimum Gasteiger partial charge on any atom is -0.374 e. The quantitative estimate of drug-likeness (QED) is 0.0287. The minimum atomic E-state index is -2.28. The number of unbranched alkanes of at least 4 members (excludes halogenated alkanes) is 20. The van der Waals surface area contributed by atoms with E-state index < -0.39 is 59.3 Å².